The molecule has 0 fully saturated rings. The summed E-state index contributed by atoms with van der Waals surface area (Å²) in [6.07, 6.45) is 0.859. The molecule has 3 aromatic rings. The van der Waals surface area contributed by atoms with Crippen molar-refractivity contribution in [1.82, 2.24) is 0 Å². The highest BCUT2D eigenvalue weighted by Crippen LogP contribution is 2.38. The van der Waals surface area contributed by atoms with Gasteiger partial charge in [-0.1, -0.05) is 6.07 Å². The van der Waals surface area contributed by atoms with Crippen LogP contribution in [0.25, 0.3) is 21.5 Å². The van der Waals surface area contributed by atoms with Crippen molar-refractivity contribution in [2.75, 3.05) is 21.3 Å². The van der Waals surface area contributed by atoms with Gasteiger partial charge in [0.25, 0.3) is 0 Å². The summed E-state index contributed by atoms with van der Waals surface area (Å²) in [6, 6.07) is 11.4. The van der Waals surface area contributed by atoms with E-state index >= 15 is 0 Å². The van der Waals surface area contributed by atoms with E-state index in [1.807, 2.05) is 36.4 Å². The maximum atomic E-state index is 11.4. The summed E-state index contributed by atoms with van der Waals surface area (Å²) in [5.74, 6) is 1.99. The lowest BCUT2D eigenvalue weighted by Gasteiger charge is -2.13. The number of carbonyl (C=O) groups is 1. The molecule has 3 rings (SSSR count). The highest BCUT2D eigenvalue weighted by atomic mass is 16.5. The first kappa shape index (κ1) is 14.2. The second-order valence-corrected chi connectivity index (χ2v) is 4.92. The number of rotatable bonds is 4. The fourth-order valence-electron chi connectivity index (χ4n) is 2.70. The molecular formula is C18H16O4. The average Bonchev–Trinajstić information content (AvgIpc) is 2.59. The van der Waals surface area contributed by atoms with Gasteiger partial charge in [-0.2, -0.15) is 0 Å². The molecule has 0 aliphatic heterocycles. The minimum atomic E-state index is 0.598. The maximum absolute atomic E-state index is 11.4. The van der Waals surface area contributed by atoms with E-state index in [4.69, 9.17) is 14.2 Å². The van der Waals surface area contributed by atoms with Gasteiger partial charge in [-0.05, 0) is 51.9 Å². The molecule has 0 saturated heterocycles. The second kappa shape index (κ2) is 5.56. The summed E-state index contributed by atoms with van der Waals surface area (Å²) < 4.78 is 16.0. The van der Waals surface area contributed by atoms with Gasteiger partial charge in [0.2, 0.25) is 0 Å². The molecule has 22 heavy (non-hydrogen) atoms. The standard InChI is InChI=1S/C18H16O4/c1-20-13-5-4-11-6-12(10-19)15-8-17(21-2)18(22-3)9-16(15)14(11)7-13/h4-10H,1-3H3. The summed E-state index contributed by atoms with van der Waals surface area (Å²) >= 11 is 0. The van der Waals surface area contributed by atoms with Crippen molar-refractivity contribution >= 4 is 27.8 Å². The molecule has 0 amide bonds. The Morgan fingerprint density at radius 3 is 2.05 bits per heavy atom. The minimum absolute atomic E-state index is 0.598. The predicted molar refractivity (Wildman–Crippen MR) is 86.5 cm³/mol. The molecule has 0 radical (unpaired) electrons. The van der Waals surface area contributed by atoms with Gasteiger partial charge in [0.1, 0.15) is 5.75 Å². The Balaban J connectivity index is 2.48. The quantitative estimate of drug-likeness (QED) is 0.542. The van der Waals surface area contributed by atoms with E-state index in [-0.39, 0.29) is 0 Å². The Hall–Kier alpha value is -2.75. The van der Waals surface area contributed by atoms with Crippen LogP contribution in [0.5, 0.6) is 17.2 Å². The summed E-state index contributed by atoms with van der Waals surface area (Å²) in [5, 5.41) is 3.73. The first-order chi connectivity index (χ1) is 10.7. The van der Waals surface area contributed by atoms with Crippen molar-refractivity contribution in [3.63, 3.8) is 0 Å². The van der Waals surface area contributed by atoms with Crippen molar-refractivity contribution in [2.45, 2.75) is 0 Å². The van der Waals surface area contributed by atoms with Crippen LogP contribution < -0.4 is 14.2 Å². The number of ether oxygens (including phenoxy) is 3. The molecule has 112 valence electrons. The molecular weight excluding hydrogens is 280 g/mol. The van der Waals surface area contributed by atoms with Crippen LogP contribution in [0.4, 0.5) is 0 Å². The van der Waals surface area contributed by atoms with Crippen molar-refractivity contribution in [2.24, 2.45) is 0 Å². The van der Waals surface area contributed by atoms with E-state index in [0.29, 0.717) is 17.1 Å². The summed E-state index contributed by atoms with van der Waals surface area (Å²) in [4.78, 5) is 11.4. The van der Waals surface area contributed by atoms with E-state index in [9.17, 15) is 4.79 Å². The second-order valence-electron chi connectivity index (χ2n) is 4.92. The molecule has 0 aliphatic carbocycles. The lowest BCUT2D eigenvalue weighted by molar-refractivity contribution is 0.112. The SMILES string of the molecule is COc1ccc2cc(C=O)c3cc(OC)c(OC)cc3c2c1. The molecule has 4 nitrogen and oxygen atoms in total. The number of carbonyl (C=O) groups excluding carboxylic acids is 1. The Bertz CT molecular complexity index is 868. The number of benzene rings is 3. The zero-order valence-corrected chi connectivity index (χ0v) is 12.7. The van der Waals surface area contributed by atoms with Crippen LogP contribution in [-0.4, -0.2) is 27.6 Å². The Kier molecular flexibility index (Phi) is 3.59. The third-order valence-corrected chi connectivity index (χ3v) is 3.82. The molecule has 0 N–H and O–H groups in total. The number of hydrogen-bond acceptors (Lipinski definition) is 4. The third kappa shape index (κ3) is 2.13. The first-order valence-electron chi connectivity index (χ1n) is 6.83. The Morgan fingerprint density at radius 1 is 0.773 bits per heavy atom. The molecule has 0 saturated carbocycles. The molecule has 0 spiro atoms. The smallest absolute Gasteiger partial charge is 0.161 e. The molecule has 0 unspecified atom stereocenters. The molecule has 0 bridgehead atoms. The summed E-state index contributed by atoms with van der Waals surface area (Å²) in [5.41, 5.74) is 0.619. The topological polar surface area (TPSA) is 44.8 Å². The molecule has 0 atom stereocenters. The fourth-order valence-corrected chi connectivity index (χ4v) is 2.70. The van der Waals surface area contributed by atoms with Crippen molar-refractivity contribution in [3.8, 4) is 17.2 Å². The van der Waals surface area contributed by atoms with E-state index < -0.39 is 0 Å². The molecule has 0 heterocycles. The van der Waals surface area contributed by atoms with Crippen LogP contribution in [-0.2, 0) is 0 Å². The highest BCUT2D eigenvalue weighted by Gasteiger charge is 2.12. The molecule has 4 heteroatoms. The molecule has 0 aliphatic rings. The summed E-state index contributed by atoms with van der Waals surface area (Å²) in [7, 11) is 4.80. The number of hydrogen-bond donors (Lipinski definition) is 0. The third-order valence-electron chi connectivity index (χ3n) is 3.82. The zero-order chi connectivity index (χ0) is 15.7. The van der Waals surface area contributed by atoms with Gasteiger partial charge in [0.15, 0.2) is 17.8 Å². The van der Waals surface area contributed by atoms with Gasteiger partial charge < -0.3 is 14.2 Å². The van der Waals surface area contributed by atoms with Crippen LogP contribution in [0, 0.1) is 0 Å². The maximum Gasteiger partial charge on any atom is 0.161 e. The Labute approximate surface area is 128 Å². The highest BCUT2D eigenvalue weighted by molar-refractivity contribution is 6.14. The van der Waals surface area contributed by atoms with Crippen LogP contribution in [0.2, 0.25) is 0 Å². The molecule has 0 aromatic heterocycles. The van der Waals surface area contributed by atoms with Gasteiger partial charge in [-0.3, -0.25) is 4.79 Å². The minimum Gasteiger partial charge on any atom is -0.497 e. The van der Waals surface area contributed by atoms with E-state index in [1.165, 1.54) is 0 Å². The van der Waals surface area contributed by atoms with Crippen LogP contribution in [0.3, 0.4) is 0 Å². The predicted octanol–water partition coefficient (Wildman–Crippen LogP) is 3.83. The number of methoxy groups -OCH3 is 3. The largest absolute Gasteiger partial charge is 0.497 e. The lowest BCUT2D eigenvalue weighted by Crippen LogP contribution is -1.93. The van der Waals surface area contributed by atoms with Gasteiger partial charge in [-0.25, -0.2) is 0 Å². The average molecular weight is 296 g/mol. The lowest BCUT2D eigenvalue weighted by atomic mass is 9.97. The number of aldehydes is 1. The van der Waals surface area contributed by atoms with Crippen molar-refractivity contribution in [1.29, 1.82) is 0 Å². The monoisotopic (exact) mass is 296 g/mol. The number of fused-ring (bicyclic) bond motifs is 3. The zero-order valence-electron chi connectivity index (χ0n) is 12.7. The van der Waals surface area contributed by atoms with Gasteiger partial charge in [0.05, 0.1) is 21.3 Å². The van der Waals surface area contributed by atoms with Crippen LogP contribution in [0.1, 0.15) is 10.4 Å². The van der Waals surface area contributed by atoms with Gasteiger partial charge in [0, 0.05) is 5.56 Å². The van der Waals surface area contributed by atoms with Crippen molar-refractivity contribution < 1.29 is 19.0 Å². The molecule has 3 aromatic carbocycles. The van der Waals surface area contributed by atoms with E-state index in [0.717, 1.165) is 33.6 Å². The van der Waals surface area contributed by atoms with Crippen LogP contribution >= 0.6 is 0 Å². The Morgan fingerprint density at radius 2 is 1.45 bits per heavy atom. The van der Waals surface area contributed by atoms with Gasteiger partial charge in [-0.15, -0.1) is 0 Å². The first-order valence-corrected chi connectivity index (χ1v) is 6.83. The van der Waals surface area contributed by atoms with E-state index in [2.05, 4.69) is 0 Å². The van der Waals surface area contributed by atoms with E-state index in [1.54, 1.807) is 21.3 Å². The fraction of sp³-hybridized carbons (Fsp3) is 0.167. The van der Waals surface area contributed by atoms with Crippen molar-refractivity contribution in [3.05, 3.63) is 42.0 Å². The normalized spacial score (nSPS) is 10.7. The van der Waals surface area contributed by atoms with Crippen LogP contribution in [0.15, 0.2) is 36.4 Å². The van der Waals surface area contributed by atoms with Gasteiger partial charge >= 0.3 is 0 Å². The summed E-state index contributed by atoms with van der Waals surface area (Å²) in [6.45, 7) is 0.